The summed E-state index contributed by atoms with van der Waals surface area (Å²) in [5, 5.41) is 0. The van der Waals surface area contributed by atoms with Crippen LogP contribution >= 0.6 is 0 Å². The van der Waals surface area contributed by atoms with Gasteiger partial charge in [-0.2, -0.15) is 0 Å². The van der Waals surface area contributed by atoms with Crippen LogP contribution in [0.4, 0.5) is 0 Å². The van der Waals surface area contributed by atoms with Crippen LogP contribution in [0, 0.1) is 0 Å². The van der Waals surface area contributed by atoms with Crippen LogP contribution in [0.25, 0.3) is 0 Å². The van der Waals surface area contributed by atoms with Crippen molar-refractivity contribution in [2.24, 2.45) is 0 Å². The minimum atomic E-state index is -3.82. The third-order valence-electron chi connectivity index (χ3n) is 4.16. The maximum atomic E-state index is 12.9. The summed E-state index contributed by atoms with van der Waals surface area (Å²) >= 11 is 0. The lowest BCUT2D eigenvalue weighted by atomic mass is 10.0. The van der Waals surface area contributed by atoms with Gasteiger partial charge in [0.05, 0.1) is 27.4 Å². The average molecular weight is 379 g/mol. The second kappa shape index (κ2) is 7.43. The molecule has 0 aromatic heterocycles. The summed E-state index contributed by atoms with van der Waals surface area (Å²) in [4.78, 5) is 0.0239. The number of benzene rings is 2. The first kappa shape index (κ1) is 18.3. The van der Waals surface area contributed by atoms with E-state index in [2.05, 4.69) is 4.72 Å². The fourth-order valence-electron chi connectivity index (χ4n) is 2.91. The van der Waals surface area contributed by atoms with Gasteiger partial charge in [-0.05, 0) is 30.2 Å². The largest absolute Gasteiger partial charge is 0.497 e. The molecule has 1 aliphatic rings. The second-order valence-corrected chi connectivity index (χ2v) is 7.48. The Bertz CT molecular complexity index is 897. The Morgan fingerprint density at radius 3 is 2.50 bits per heavy atom. The normalized spacial score (nSPS) is 16.3. The highest BCUT2D eigenvalue weighted by atomic mass is 32.2. The van der Waals surface area contributed by atoms with Crippen LogP contribution in [0.5, 0.6) is 23.0 Å². The van der Waals surface area contributed by atoms with E-state index in [1.807, 2.05) is 18.2 Å². The fraction of sp³-hybridized carbons (Fsp3) is 0.333. The Morgan fingerprint density at radius 2 is 1.81 bits per heavy atom. The summed E-state index contributed by atoms with van der Waals surface area (Å²) < 4.78 is 49.7. The zero-order chi connectivity index (χ0) is 18.7. The van der Waals surface area contributed by atoms with E-state index >= 15 is 0 Å². The zero-order valence-electron chi connectivity index (χ0n) is 14.8. The molecule has 0 aliphatic carbocycles. The van der Waals surface area contributed by atoms with Gasteiger partial charge in [-0.1, -0.05) is 12.1 Å². The predicted molar refractivity (Wildman–Crippen MR) is 95.8 cm³/mol. The minimum absolute atomic E-state index is 0.0239. The van der Waals surface area contributed by atoms with Crippen molar-refractivity contribution in [1.82, 2.24) is 4.72 Å². The van der Waals surface area contributed by atoms with E-state index in [1.54, 1.807) is 19.2 Å². The second-order valence-electron chi connectivity index (χ2n) is 5.80. The lowest BCUT2D eigenvalue weighted by molar-refractivity contribution is 0.240. The molecule has 0 saturated carbocycles. The van der Waals surface area contributed by atoms with Crippen LogP contribution in [-0.4, -0.2) is 42.4 Å². The van der Waals surface area contributed by atoms with E-state index in [0.717, 1.165) is 5.56 Å². The maximum Gasteiger partial charge on any atom is 0.244 e. The summed E-state index contributed by atoms with van der Waals surface area (Å²) in [5.41, 5.74) is 0.890. The third kappa shape index (κ3) is 3.56. The molecule has 0 radical (unpaired) electrons. The molecule has 0 fully saturated rings. The standard InChI is InChI=1S/C18H21NO6S/c1-22-14-7-8-15(23-2)17(10-14)26(20,21)19-13-9-12-5-4-6-16(24-3)18(12)25-11-13/h4-8,10,13,19H,9,11H2,1-3H3/t13-/m1/s1. The Balaban J connectivity index is 1.85. The molecule has 7 nitrogen and oxygen atoms in total. The molecule has 2 aromatic rings. The monoisotopic (exact) mass is 379 g/mol. The highest BCUT2D eigenvalue weighted by molar-refractivity contribution is 7.89. The van der Waals surface area contributed by atoms with Gasteiger partial charge in [-0.15, -0.1) is 0 Å². The maximum absolute atomic E-state index is 12.9. The van der Waals surface area contributed by atoms with Crippen LogP contribution in [0.2, 0.25) is 0 Å². The van der Waals surface area contributed by atoms with Crippen molar-refractivity contribution in [3.05, 3.63) is 42.0 Å². The molecular weight excluding hydrogens is 358 g/mol. The van der Waals surface area contributed by atoms with E-state index in [4.69, 9.17) is 18.9 Å². The number of rotatable bonds is 6. The fourth-order valence-corrected chi connectivity index (χ4v) is 4.31. The van der Waals surface area contributed by atoms with Gasteiger partial charge in [0.2, 0.25) is 10.0 Å². The van der Waals surface area contributed by atoms with E-state index in [0.29, 0.717) is 23.7 Å². The molecule has 0 amide bonds. The minimum Gasteiger partial charge on any atom is -0.497 e. The number of para-hydroxylation sites is 1. The van der Waals surface area contributed by atoms with Gasteiger partial charge in [0.1, 0.15) is 23.0 Å². The van der Waals surface area contributed by atoms with Gasteiger partial charge < -0.3 is 18.9 Å². The smallest absolute Gasteiger partial charge is 0.244 e. The SMILES string of the molecule is COc1ccc(OC)c(S(=O)(=O)N[C@H]2COc3c(cccc3OC)C2)c1. The van der Waals surface area contributed by atoms with Gasteiger partial charge in [0, 0.05) is 6.07 Å². The van der Waals surface area contributed by atoms with Crippen LogP contribution in [0.3, 0.4) is 0 Å². The molecule has 0 unspecified atom stereocenters. The molecule has 1 aliphatic heterocycles. The van der Waals surface area contributed by atoms with Crippen molar-refractivity contribution in [2.45, 2.75) is 17.4 Å². The highest BCUT2D eigenvalue weighted by Crippen LogP contribution is 2.35. The number of sulfonamides is 1. The summed E-state index contributed by atoms with van der Waals surface area (Å²) in [6, 6.07) is 9.78. The molecule has 2 aromatic carbocycles. The third-order valence-corrected chi connectivity index (χ3v) is 5.70. The molecule has 1 heterocycles. The Kier molecular flexibility index (Phi) is 5.24. The van der Waals surface area contributed by atoms with Crippen LogP contribution < -0.4 is 23.7 Å². The summed E-state index contributed by atoms with van der Waals surface area (Å²) in [5.74, 6) is 1.97. The first-order valence-corrected chi connectivity index (χ1v) is 9.50. The van der Waals surface area contributed by atoms with Crippen LogP contribution in [0.15, 0.2) is 41.3 Å². The molecule has 1 atom stereocenters. The number of methoxy groups -OCH3 is 3. The first-order chi connectivity index (χ1) is 12.5. The number of fused-ring (bicyclic) bond motifs is 1. The molecule has 1 N–H and O–H groups in total. The van der Waals surface area contributed by atoms with Gasteiger partial charge in [-0.3, -0.25) is 0 Å². The lowest BCUT2D eigenvalue weighted by Crippen LogP contribution is -2.42. The molecular formula is C18H21NO6S. The quantitative estimate of drug-likeness (QED) is 0.827. The number of hydrogen-bond acceptors (Lipinski definition) is 6. The van der Waals surface area contributed by atoms with E-state index in [-0.39, 0.29) is 17.3 Å². The predicted octanol–water partition coefficient (Wildman–Crippen LogP) is 1.99. The van der Waals surface area contributed by atoms with Crippen LogP contribution in [-0.2, 0) is 16.4 Å². The Morgan fingerprint density at radius 1 is 1.04 bits per heavy atom. The van der Waals surface area contributed by atoms with E-state index in [1.165, 1.54) is 20.3 Å². The summed E-state index contributed by atoms with van der Waals surface area (Å²) in [6.45, 7) is 0.207. The number of nitrogens with one attached hydrogen (secondary N) is 1. The first-order valence-electron chi connectivity index (χ1n) is 8.01. The van der Waals surface area contributed by atoms with Crippen molar-refractivity contribution < 1.29 is 27.4 Å². The molecule has 140 valence electrons. The Hall–Kier alpha value is -2.45. The molecule has 3 rings (SSSR count). The molecule has 0 saturated heterocycles. The zero-order valence-corrected chi connectivity index (χ0v) is 15.6. The topological polar surface area (TPSA) is 83.1 Å². The van der Waals surface area contributed by atoms with Gasteiger partial charge in [-0.25, -0.2) is 13.1 Å². The van der Waals surface area contributed by atoms with Gasteiger partial charge >= 0.3 is 0 Å². The molecule has 0 bridgehead atoms. The van der Waals surface area contributed by atoms with E-state index < -0.39 is 16.1 Å². The summed E-state index contributed by atoms with van der Waals surface area (Å²) in [6.07, 6.45) is 0.498. The Labute approximate surface area is 152 Å². The molecule has 8 heteroatoms. The average Bonchev–Trinajstić information content (AvgIpc) is 2.66. The number of hydrogen-bond donors (Lipinski definition) is 1. The van der Waals surface area contributed by atoms with Crippen molar-refractivity contribution in [3.8, 4) is 23.0 Å². The van der Waals surface area contributed by atoms with Crippen LogP contribution in [0.1, 0.15) is 5.56 Å². The van der Waals surface area contributed by atoms with Crippen molar-refractivity contribution in [3.63, 3.8) is 0 Å². The van der Waals surface area contributed by atoms with Crippen molar-refractivity contribution >= 4 is 10.0 Å². The number of ether oxygens (including phenoxy) is 4. The molecule has 26 heavy (non-hydrogen) atoms. The van der Waals surface area contributed by atoms with Crippen molar-refractivity contribution in [2.75, 3.05) is 27.9 Å². The van der Waals surface area contributed by atoms with E-state index in [9.17, 15) is 8.42 Å². The van der Waals surface area contributed by atoms with Gasteiger partial charge in [0.25, 0.3) is 0 Å². The van der Waals surface area contributed by atoms with Gasteiger partial charge in [0.15, 0.2) is 11.5 Å². The molecule has 0 spiro atoms. The summed E-state index contributed by atoms with van der Waals surface area (Å²) in [7, 11) is 0.653. The lowest BCUT2D eigenvalue weighted by Gasteiger charge is -2.27. The highest BCUT2D eigenvalue weighted by Gasteiger charge is 2.29. The van der Waals surface area contributed by atoms with Crippen molar-refractivity contribution in [1.29, 1.82) is 0 Å².